The minimum atomic E-state index is 0.614. The Labute approximate surface area is 74.3 Å². The van der Waals surface area contributed by atoms with Gasteiger partial charge in [0.2, 0.25) is 0 Å². The van der Waals surface area contributed by atoms with Crippen molar-refractivity contribution >= 4 is 0 Å². The second-order valence-corrected chi connectivity index (χ2v) is 5.14. The summed E-state index contributed by atoms with van der Waals surface area (Å²) in [5.74, 6) is 0.943. The minimum absolute atomic E-state index is 0.614. The van der Waals surface area contributed by atoms with E-state index in [2.05, 4.69) is 17.1 Å². The van der Waals surface area contributed by atoms with Gasteiger partial charge in [-0.3, -0.25) is 4.90 Å². The summed E-state index contributed by atoms with van der Waals surface area (Å²) in [5, 5.41) is 3.52. The molecule has 12 heavy (non-hydrogen) atoms. The third kappa shape index (κ3) is 0.944. The van der Waals surface area contributed by atoms with Crippen LogP contribution in [-0.4, -0.2) is 37.1 Å². The van der Waals surface area contributed by atoms with Gasteiger partial charge in [0.15, 0.2) is 0 Å². The van der Waals surface area contributed by atoms with Crippen molar-refractivity contribution in [2.45, 2.75) is 25.8 Å². The molecule has 1 N–H and O–H groups in total. The Bertz CT molecular complexity index is 200. The fraction of sp³-hybridized carbons (Fsp3) is 1.00. The molecule has 0 bridgehead atoms. The Hall–Kier alpha value is -0.0800. The highest BCUT2D eigenvalue weighted by Gasteiger charge is 2.49. The second-order valence-electron chi connectivity index (χ2n) is 5.14. The molecule has 1 saturated carbocycles. The standard InChI is InChI=1S/C10H18N2/c1-10-6-11-4-8(10)5-12(7-10)9-2-3-9/h8-9,11H,2-7H2,1H3/t8-,10-/m0/s1. The van der Waals surface area contributed by atoms with Gasteiger partial charge in [-0.2, -0.15) is 0 Å². The van der Waals surface area contributed by atoms with Crippen molar-refractivity contribution in [2.75, 3.05) is 26.2 Å². The second kappa shape index (κ2) is 2.24. The maximum Gasteiger partial charge on any atom is 0.00967 e. The largest absolute Gasteiger partial charge is 0.316 e. The monoisotopic (exact) mass is 166 g/mol. The van der Waals surface area contributed by atoms with E-state index in [0.717, 1.165) is 12.0 Å². The van der Waals surface area contributed by atoms with E-state index in [9.17, 15) is 0 Å². The van der Waals surface area contributed by atoms with E-state index in [1.54, 1.807) is 0 Å². The van der Waals surface area contributed by atoms with E-state index >= 15 is 0 Å². The van der Waals surface area contributed by atoms with Crippen molar-refractivity contribution in [3.8, 4) is 0 Å². The van der Waals surface area contributed by atoms with Gasteiger partial charge in [-0.1, -0.05) is 6.92 Å². The molecule has 2 atom stereocenters. The Morgan fingerprint density at radius 3 is 2.92 bits per heavy atom. The van der Waals surface area contributed by atoms with Crippen LogP contribution in [0.15, 0.2) is 0 Å². The summed E-state index contributed by atoms with van der Waals surface area (Å²) in [5.41, 5.74) is 0.614. The normalized spacial score (nSPS) is 48.2. The number of fused-ring (bicyclic) bond motifs is 1. The molecule has 3 rings (SSSR count). The Morgan fingerprint density at radius 1 is 1.42 bits per heavy atom. The van der Waals surface area contributed by atoms with Crippen LogP contribution in [-0.2, 0) is 0 Å². The predicted molar refractivity (Wildman–Crippen MR) is 49.1 cm³/mol. The SMILES string of the molecule is C[C@@]12CNC[C@H]1CN(C1CC1)C2. The third-order valence-electron chi connectivity index (χ3n) is 3.99. The van der Waals surface area contributed by atoms with E-state index in [1.807, 2.05) is 0 Å². The maximum atomic E-state index is 3.52. The van der Waals surface area contributed by atoms with Gasteiger partial charge in [-0.25, -0.2) is 0 Å². The van der Waals surface area contributed by atoms with Crippen molar-refractivity contribution in [1.29, 1.82) is 0 Å². The molecule has 0 unspecified atom stereocenters. The number of rotatable bonds is 1. The van der Waals surface area contributed by atoms with Crippen LogP contribution in [0.5, 0.6) is 0 Å². The van der Waals surface area contributed by atoms with Gasteiger partial charge in [-0.15, -0.1) is 0 Å². The van der Waals surface area contributed by atoms with Gasteiger partial charge in [0.05, 0.1) is 0 Å². The number of hydrogen-bond donors (Lipinski definition) is 1. The van der Waals surface area contributed by atoms with Crippen molar-refractivity contribution in [3.63, 3.8) is 0 Å². The van der Waals surface area contributed by atoms with Gasteiger partial charge >= 0.3 is 0 Å². The molecule has 0 amide bonds. The molecule has 2 saturated heterocycles. The summed E-state index contributed by atoms with van der Waals surface area (Å²) >= 11 is 0. The molecule has 0 aromatic heterocycles. The van der Waals surface area contributed by atoms with E-state index in [4.69, 9.17) is 0 Å². The van der Waals surface area contributed by atoms with Crippen molar-refractivity contribution in [2.24, 2.45) is 11.3 Å². The van der Waals surface area contributed by atoms with Gasteiger partial charge in [0, 0.05) is 25.7 Å². The molecule has 0 aromatic rings. The van der Waals surface area contributed by atoms with Crippen molar-refractivity contribution < 1.29 is 0 Å². The van der Waals surface area contributed by atoms with Gasteiger partial charge < -0.3 is 5.32 Å². The first-order chi connectivity index (χ1) is 5.78. The fourth-order valence-corrected chi connectivity index (χ4v) is 2.92. The highest BCUT2D eigenvalue weighted by Crippen LogP contribution is 2.42. The first-order valence-corrected chi connectivity index (χ1v) is 5.23. The van der Waals surface area contributed by atoms with Crippen LogP contribution in [0.1, 0.15) is 19.8 Å². The van der Waals surface area contributed by atoms with Crippen LogP contribution in [0.3, 0.4) is 0 Å². The number of nitrogens with one attached hydrogen (secondary N) is 1. The van der Waals surface area contributed by atoms with Crippen LogP contribution in [0.2, 0.25) is 0 Å². The molecule has 68 valence electrons. The summed E-state index contributed by atoms with van der Waals surface area (Å²) in [4.78, 5) is 2.73. The topological polar surface area (TPSA) is 15.3 Å². The Kier molecular flexibility index (Phi) is 1.37. The molecular formula is C10H18N2. The lowest BCUT2D eigenvalue weighted by Crippen LogP contribution is -2.31. The Morgan fingerprint density at radius 2 is 2.25 bits per heavy atom. The molecule has 1 aliphatic carbocycles. The molecule has 0 aromatic carbocycles. The maximum absolute atomic E-state index is 3.52. The van der Waals surface area contributed by atoms with Gasteiger partial charge in [-0.05, 0) is 30.7 Å². The third-order valence-corrected chi connectivity index (χ3v) is 3.99. The number of likely N-dealkylation sites (tertiary alicyclic amines) is 1. The highest BCUT2D eigenvalue weighted by molar-refractivity contribution is 5.03. The predicted octanol–water partition coefficient (Wildman–Crippen LogP) is 0.690. The average Bonchev–Trinajstić information content (AvgIpc) is 2.71. The van der Waals surface area contributed by atoms with E-state index in [0.29, 0.717) is 5.41 Å². The molecule has 2 heteroatoms. The molecule has 2 aliphatic heterocycles. The molecule has 3 aliphatic rings. The van der Waals surface area contributed by atoms with E-state index in [1.165, 1.54) is 39.0 Å². The zero-order chi connectivity index (χ0) is 8.18. The first-order valence-electron chi connectivity index (χ1n) is 5.23. The van der Waals surface area contributed by atoms with Crippen LogP contribution < -0.4 is 5.32 Å². The number of hydrogen-bond acceptors (Lipinski definition) is 2. The van der Waals surface area contributed by atoms with Crippen LogP contribution in [0, 0.1) is 11.3 Å². The van der Waals surface area contributed by atoms with Crippen molar-refractivity contribution in [3.05, 3.63) is 0 Å². The first kappa shape index (κ1) is 7.34. The van der Waals surface area contributed by atoms with Crippen LogP contribution in [0.25, 0.3) is 0 Å². The summed E-state index contributed by atoms with van der Waals surface area (Å²) in [6.45, 7) is 7.70. The molecule has 0 spiro atoms. The zero-order valence-electron chi connectivity index (χ0n) is 7.84. The summed E-state index contributed by atoms with van der Waals surface area (Å²) < 4.78 is 0. The summed E-state index contributed by atoms with van der Waals surface area (Å²) in [7, 11) is 0. The molecule has 2 nitrogen and oxygen atoms in total. The Balaban J connectivity index is 1.75. The van der Waals surface area contributed by atoms with Crippen LogP contribution in [0.4, 0.5) is 0 Å². The van der Waals surface area contributed by atoms with Crippen LogP contribution >= 0.6 is 0 Å². The molecule has 0 radical (unpaired) electrons. The van der Waals surface area contributed by atoms with E-state index < -0.39 is 0 Å². The minimum Gasteiger partial charge on any atom is -0.316 e. The lowest BCUT2D eigenvalue weighted by atomic mass is 9.83. The molecule has 3 fully saturated rings. The lowest BCUT2D eigenvalue weighted by molar-refractivity contribution is 0.271. The lowest BCUT2D eigenvalue weighted by Gasteiger charge is -2.22. The smallest absolute Gasteiger partial charge is 0.00967 e. The van der Waals surface area contributed by atoms with Gasteiger partial charge in [0.25, 0.3) is 0 Å². The quantitative estimate of drug-likeness (QED) is 0.616. The molecular weight excluding hydrogens is 148 g/mol. The summed E-state index contributed by atoms with van der Waals surface area (Å²) in [6.07, 6.45) is 2.94. The van der Waals surface area contributed by atoms with Crippen molar-refractivity contribution in [1.82, 2.24) is 10.2 Å². The van der Waals surface area contributed by atoms with E-state index in [-0.39, 0.29) is 0 Å². The number of nitrogens with zero attached hydrogens (tertiary/aromatic N) is 1. The van der Waals surface area contributed by atoms with Gasteiger partial charge in [0.1, 0.15) is 0 Å². The zero-order valence-corrected chi connectivity index (χ0v) is 7.84. The fourth-order valence-electron chi connectivity index (χ4n) is 2.92. The average molecular weight is 166 g/mol. The summed E-state index contributed by atoms with van der Waals surface area (Å²) in [6, 6.07) is 0.979. The highest BCUT2D eigenvalue weighted by atomic mass is 15.2. The molecule has 2 heterocycles.